The lowest BCUT2D eigenvalue weighted by Gasteiger charge is -2.09. The van der Waals surface area contributed by atoms with E-state index in [1.165, 1.54) is 12.1 Å². The molecule has 0 radical (unpaired) electrons. The first-order valence-corrected chi connectivity index (χ1v) is 5.85. The van der Waals surface area contributed by atoms with E-state index in [4.69, 9.17) is 0 Å². The Kier molecular flexibility index (Phi) is 3.99. The Hall–Kier alpha value is -2.11. The van der Waals surface area contributed by atoms with E-state index in [1.807, 2.05) is 13.8 Å². The molecule has 4 nitrogen and oxygen atoms in total. The van der Waals surface area contributed by atoms with Gasteiger partial charge in [-0.3, -0.25) is 5.10 Å². The summed E-state index contributed by atoms with van der Waals surface area (Å²) in [6, 6.07) is 6.49. The van der Waals surface area contributed by atoms with Gasteiger partial charge in [0.25, 0.3) is 0 Å². The van der Waals surface area contributed by atoms with Crippen molar-refractivity contribution in [2.75, 3.05) is 5.32 Å². The first-order valence-electron chi connectivity index (χ1n) is 5.85. The Morgan fingerprint density at radius 3 is 2.79 bits per heavy atom. The third-order valence-electron chi connectivity index (χ3n) is 2.81. The molecule has 2 rings (SSSR count). The van der Waals surface area contributed by atoms with Gasteiger partial charge >= 0.3 is 6.61 Å². The van der Waals surface area contributed by atoms with E-state index in [-0.39, 0.29) is 5.75 Å². The molecule has 0 aliphatic rings. The van der Waals surface area contributed by atoms with Gasteiger partial charge in [0.2, 0.25) is 0 Å². The van der Waals surface area contributed by atoms with Crippen LogP contribution in [-0.2, 0) is 6.54 Å². The Bertz CT molecular complexity index is 535. The number of aromatic amines is 1. The summed E-state index contributed by atoms with van der Waals surface area (Å²) in [5.41, 5.74) is 3.70. The molecule has 102 valence electrons. The Morgan fingerprint density at radius 1 is 1.37 bits per heavy atom. The number of benzene rings is 1. The van der Waals surface area contributed by atoms with Gasteiger partial charge in [-0.25, -0.2) is 0 Å². The van der Waals surface area contributed by atoms with Crippen LogP contribution in [0.2, 0.25) is 0 Å². The zero-order valence-electron chi connectivity index (χ0n) is 10.7. The fourth-order valence-electron chi connectivity index (χ4n) is 1.81. The lowest BCUT2D eigenvalue weighted by atomic mass is 10.2. The fourth-order valence-corrected chi connectivity index (χ4v) is 1.81. The summed E-state index contributed by atoms with van der Waals surface area (Å²) >= 11 is 0. The van der Waals surface area contributed by atoms with Crippen LogP contribution >= 0.6 is 0 Å². The molecule has 0 atom stereocenters. The predicted molar refractivity (Wildman–Crippen MR) is 68.5 cm³/mol. The molecule has 1 aromatic heterocycles. The maximum absolute atomic E-state index is 12.1. The zero-order chi connectivity index (χ0) is 13.8. The lowest BCUT2D eigenvalue weighted by molar-refractivity contribution is -0.0498. The van der Waals surface area contributed by atoms with Crippen molar-refractivity contribution in [1.82, 2.24) is 10.2 Å². The summed E-state index contributed by atoms with van der Waals surface area (Å²) in [6.07, 6.45) is 0. The SMILES string of the molecule is Cc1n[nH]c(C)c1CNc1cccc(OC(F)F)c1. The van der Waals surface area contributed by atoms with Crippen molar-refractivity contribution < 1.29 is 13.5 Å². The number of hydrogen-bond donors (Lipinski definition) is 2. The number of nitrogens with zero attached hydrogens (tertiary/aromatic N) is 1. The molecule has 0 unspecified atom stereocenters. The number of hydrogen-bond acceptors (Lipinski definition) is 3. The van der Waals surface area contributed by atoms with Crippen molar-refractivity contribution in [3.8, 4) is 5.75 Å². The molecule has 6 heteroatoms. The van der Waals surface area contributed by atoms with Gasteiger partial charge in [-0.05, 0) is 26.0 Å². The summed E-state index contributed by atoms with van der Waals surface area (Å²) in [5.74, 6) is 0.139. The highest BCUT2D eigenvalue weighted by atomic mass is 19.3. The largest absolute Gasteiger partial charge is 0.435 e. The predicted octanol–water partition coefficient (Wildman–Crippen LogP) is 3.24. The molecule has 2 aromatic rings. The van der Waals surface area contributed by atoms with Gasteiger partial charge in [0, 0.05) is 29.6 Å². The molecule has 0 aliphatic carbocycles. The molecule has 0 spiro atoms. The molecule has 0 fully saturated rings. The van der Waals surface area contributed by atoms with E-state index in [0.717, 1.165) is 22.6 Å². The second-order valence-corrected chi connectivity index (χ2v) is 4.17. The van der Waals surface area contributed by atoms with Gasteiger partial charge in [-0.15, -0.1) is 0 Å². The van der Waals surface area contributed by atoms with Crippen LogP contribution in [-0.4, -0.2) is 16.8 Å². The zero-order valence-corrected chi connectivity index (χ0v) is 10.7. The van der Waals surface area contributed by atoms with E-state index in [2.05, 4.69) is 20.3 Å². The summed E-state index contributed by atoms with van der Waals surface area (Å²) in [4.78, 5) is 0. The van der Waals surface area contributed by atoms with Crippen molar-refractivity contribution in [3.63, 3.8) is 0 Å². The number of aryl methyl sites for hydroxylation is 2. The molecule has 0 saturated heterocycles. The molecular weight excluding hydrogens is 252 g/mol. The van der Waals surface area contributed by atoms with Crippen LogP contribution in [0.25, 0.3) is 0 Å². The number of aromatic nitrogens is 2. The van der Waals surface area contributed by atoms with Gasteiger partial charge < -0.3 is 10.1 Å². The highest BCUT2D eigenvalue weighted by Gasteiger charge is 2.07. The second-order valence-electron chi connectivity index (χ2n) is 4.17. The minimum Gasteiger partial charge on any atom is -0.435 e. The summed E-state index contributed by atoms with van der Waals surface area (Å²) in [7, 11) is 0. The van der Waals surface area contributed by atoms with E-state index in [1.54, 1.807) is 12.1 Å². The number of halogens is 2. The van der Waals surface area contributed by atoms with Gasteiger partial charge in [-0.2, -0.15) is 13.9 Å². The van der Waals surface area contributed by atoms with Crippen molar-refractivity contribution in [2.24, 2.45) is 0 Å². The molecular formula is C13H15F2N3O. The average molecular weight is 267 g/mol. The monoisotopic (exact) mass is 267 g/mol. The smallest absolute Gasteiger partial charge is 0.387 e. The van der Waals surface area contributed by atoms with E-state index in [9.17, 15) is 8.78 Å². The van der Waals surface area contributed by atoms with Crippen molar-refractivity contribution in [2.45, 2.75) is 27.0 Å². The Balaban J connectivity index is 2.03. The number of nitrogens with one attached hydrogen (secondary N) is 2. The maximum Gasteiger partial charge on any atom is 0.387 e. The number of rotatable bonds is 5. The molecule has 2 N–H and O–H groups in total. The Labute approximate surface area is 109 Å². The quantitative estimate of drug-likeness (QED) is 0.874. The van der Waals surface area contributed by atoms with E-state index >= 15 is 0 Å². The van der Waals surface area contributed by atoms with Crippen LogP contribution in [0.4, 0.5) is 14.5 Å². The molecule has 1 aromatic carbocycles. The first kappa shape index (κ1) is 13.3. The first-order chi connectivity index (χ1) is 9.06. The number of ether oxygens (including phenoxy) is 1. The number of H-pyrrole nitrogens is 1. The third-order valence-corrected chi connectivity index (χ3v) is 2.81. The summed E-state index contributed by atoms with van der Waals surface area (Å²) < 4.78 is 28.6. The average Bonchev–Trinajstić information content (AvgIpc) is 2.66. The van der Waals surface area contributed by atoms with Gasteiger partial charge in [0.1, 0.15) is 5.75 Å². The third kappa shape index (κ3) is 3.43. The molecule has 1 heterocycles. The topological polar surface area (TPSA) is 49.9 Å². The minimum atomic E-state index is -2.81. The minimum absolute atomic E-state index is 0.139. The van der Waals surface area contributed by atoms with Gasteiger partial charge in [0.15, 0.2) is 0 Å². The van der Waals surface area contributed by atoms with Crippen molar-refractivity contribution >= 4 is 5.69 Å². The van der Waals surface area contributed by atoms with Crippen molar-refractivity contribution in [3.05, 3.63) is 41.2 Å². The highest BCUT2D eigenvalue weighted by molar-refractivity contribution is 5.49. The second kappa shape index (κ2) is 5.69. The number of anilines is 1. The molecule has 0 aliphatic heterocycles. The van der Waals surface area contributed by atoms with Gasteiger partial charge in [-0.1, -0.05) is 6.07 Å². The normalized spacial score (nSPS) is 10.8. The standard InChI is InChI=1S/C13H15F2N3O/c1-8-12(9(2)18-17-8)7-16-10-4-3-5-11(6-10)19-13(14)15/h3-6,13,16H,7H2,1-2H3,(H,17,18). The van der Waals surface area contributed by atoms with Crippen LogP contribution < -0.4 is 10.1 Å². The lowest BCUT2D eigenvalue weighted by Crippen LogP contribution is -2.04. The molecule has 0 bridgehead atoms. The van der Waals surface area contributed by atoms with Gasteiger partial charge in [0.05, 0.1) is 5.69 Å². The summed E-state index contributed by atoms with van der Waals surface area (Å²) in [6.45, 7) is 1.62. The van der Waals surface area contributed by atoms with Crippen LogP contribution in [0.15, 0.2) is 24.3 Å². The molecule has 19 heavy (non-hydrogen) atoms. The van der Waals surface area contributed by atoms with E-state index in [0.29, 0.717) is 6.54 Å². The van der Waals surface area contributed by atoms with Crippen molar-refractivity contribution in [1.29, 1.82) is 0 Å². The Morgan fingerprint density at radius 2 is 2.16 bits per heavy atom. The fraction of sp³-hybridized carbons (Fsp3) is 0.308. The number of alkyl halides is 2. The van der Waals surface area contributed by atoms with E-state index < -0.39 is 6.61 Å². The summed E-state index contributed by atoms with van der Waals surface area (Å²) in [5, 5.41) is 10.2. The van der Waals surface area contributed by atoms with Crippen LogP contribution in [0.3, 0.4) is 0 Å². The maximum atomic E-state index is 12.1. The van der Waals surface area contributed by atoms with Crippen LogP contribution in [0.5, 0.6) is 5.75 Å². The molecule has 0 saturated carbocycles. The molecule has 0 amide bonds. The van der Waals surface area contributed by atoms with Crippen LogP contribution in [0, 0.1) is 13.8 Å². The van der Waals surface area contributed by atoms with Crippen LogP contribution in [0.1, 0.15) is 17.0 Å². The highest BCUT2D eigenvalue weighted by Crippen LogP contribution is 2.20.